The molecular formula is C23H28O5. The van der Waals surface area contributed by atoms with Gasteiger partial charge in [-0.1, -0.05) is 65.0 Å². The summed E-state index contributed by atoms with van der Waals surface area (Å²) in [5.41, 5.74) is 0.622. The molecule has 0 bridgehead atoms. The highest BCUT2D eigenvalue weighted by molar-refractivity contribution is 6.11. The average molecular weight is 384 g/mol. The summed E-state index contributed by atoms with van der Waals surface area (Å²) in [7, 11) is 0. The van der Waals surface area contributed by atoms with Crippen LogP contribution in [0, 0.1) is 5.41 Å². The number of rotatable bonds is 7. The van der Waals surface area contributed by atoms with Gasteiger partial charge in [0.15, 0.2) is 12.4 Å². The lowest BCUT2D eigenvalue weighted by atomic mass is 9.71. The summed E-state index contributed by atoms with van der Waals surface area (Å²) in [4.78, 5) is 23.9. The van der Waals surface area contributed by atoms with Gasteiger partial charge < -0.3 is 14.9 Å². The zero-order valence-corrected chi connectivity index (χ0v) is 17.1. The van der Waals surface area contributed by atoms with Crippen molar-refractivity contribution in [2.75, 3.05) is 6.61 Å². The van der Waals surface area contributed by atoms with Crippen molar-refractivity contribution in [1.82, 2.24) is 0 Å². The van der Waals surface area contributed by atoms with E-state index in [4.69, 9.17) is 9.84 Å². The number of ether oxygens (including phenoxy) is 1. The summed E-state index contributed by atoms with van der Waals surface area (Å²) >= 11 is 0. The first-order valence-corrected chi connectivity index (χ1v) is 9.22. The molecule has 5 heteroatoms. The van der Waals surface area contributed by atoms with Gasteiger partial charge in [0.25, 0.3) is 0 Å². The summed E-state index contributed by atoms with van der Waals surface area (Å²) in [6.07, 6.45) is 0.745. The lowest BCUT2D eigenvalue weighted by Crippen LogP contribution is -2.25. The molecule has 5 nitrogen and oxygen atoms in total. The molecule has 0 heterocycles. The van der Waals surface area contributed by atoms with Gasteiger partial charge in [-0.2, -0.15) is 0 Å². The van der Waals surface area contributed by atoms with Crippen LogP contribution < -0.4 is 4.74 Å². The number of phenols is 1. The van der Waals surface area contributed by atoms with Crippen LogP contribution in [0.4, 0.5) is 0 Å². The highest BCUT2D eigenvalue weighted by Gasteiger charge is 2.32. The maximum absolute atomic E-state index is 13.0. The molecule has 0 aliphatic rings. The van der Waals surface area contributed by atoms with Gasteiger partial charge in [0.2, 0.25) is 0 Å². The standard InChI is InChI=1S/C23H28O5/c1-22(2,3)14-23(4,5)18-12-16(28-13-19(24)25)11-17(21(18)27)20(26)15-9-7-6-8-10-15/h6-12,27H,13-14H2,1-5H3,(H,24,25). The minimum atomic E-state index is -1.11. The summed E-state index contributed by atoms with van der Waals surface area (Å²) < 4.78 is 5.35. The van der Waals surface area contributed by atoms with E-state index in [1.54, 1.807) is 36.4 Å². The van der Waals surface area contributed by atoms with E-state index in [-0.39, 0.29) is 28.3 Å². The topological polar surface area (TPSA) is 83.8 Å². The van der Waals surface area contributed by atoms with Gasteiger partial charge in [0.05, 0.1) is 5.56 Å². The molecule has 0 atom stereocenters. The van der Waals surface area contributed by atoms with Crippen molar-refractivity contribution in [3.63, 3.8) is 0 Å². The molecule has 2 aromatic rings. The third-order valence-electron chi connectivity index (χ3n) is 4.43. The predicted octanol–water partition coefficient (Wildman–Crippen LogP) is 4.80. The predicted molar refractivity (Wildman–Crippen MR) is 108 cm³/mol. The monoisotopic (exact) mass is 384 g/mol. The van der Waals surface area contributed by atoms with Crippen LogP contribution in [-0.2, 0) is 10.2 Å². The Morgan fingerprint density at radius 1 is 1.00 bits per heavy atom. The second-order valence-corrected chi connectivity index (χ2v) is 8.87. The number of carboxylic acid groups (broad SMARTS) is 1. The molecule has 0 aliphatic heterocycles. The normalized spacial score (nSPS) is 11.9. The van der Waals surface area contributed by atoms with Crippen molar-refractivity contribution >= 4 is 11.8 Å². The van der Waals surface area contributed by atoms with Crippen LogP contribution in [-0.4, -0.2) is 28.6 Å². The number of aliphatic carboxylic acids is 1. The molecule has 0 spiro atoms. The summed E-state index contributed by atoms with van der Waals surface area (Å²) in [5, 5.41) is 19.9. The third-order valence-corrected chi connectivity index (χ3v) is 4.43. The number of phenolic OH excluding ortho intramolecular Hbond substituents is 1. The highest BCUT2D eigenvalue weighted by Crippen LogP contribution is 2.43. The number of ketones is 1. The molecular weight excluding hydrogens is 356 g/mol. The first-order valence-electron chi connectivity index (χ1n) is 9.22. The Morgan fingerprint density at radius 2 is 1.61 bits per heavy atom. The Balaban J connectivity index is 2.59. The number of hydrogen-bond acceptors (Lipinski definition) is 4. The first kappa shape index (κ1) is 21.5. The fraction of sp³-hybridized carbons (Fsp3) is 0.391. The molecule has 0 aliphatic carbocycles. The second-order valence-electron chi connectivity index (χ2n) is 8.87. The second kappa shape index (κ2) is 8.05. The molecule has 0 fully saturated rings. The Kier molecular flexibility index (Phi) is 6.17. The number of hydrogen-bond donors (Lipinski definition) is 2. The van der Waals surface area contributed by atoms with Crippen LogP contribution in [0.15, 0.2) is 42.5 Å². The van der Waals surface area contributed by atoms with Gasteiger partial charge in [0.1, 0.15) is 11.5 Å². The van der Waals surface area contributed by atoms with Crippen molar-refractivity contribution in [2.24, 2.45) is 5.41 Å². The van der Waals surface area contributed by atoms with Crippen LogP contribution in [0.2, 0.25) is 0 Å². The Labute approximate surface area is 166 Å². The molecule has 150 valence electrons. The van der Waals surface area contributed by atoms with Crippen molar-refractivity contribution in [3.05, 3.63) is 59.2 Å². The quantitative estimate of drug-likeness (QED) is 0.670. The molecule has 0 unspecified atom stereocenters. The van der Waals surface area contributed by atoms with Crippen molar-refractivity contribution in [1.29, 1.82) is 0 Å². The fourth-order valence-corrected chi connectivity index (χ4v) is 3.69. The average Bonchev–Trinajstić information content (AvgIpc) is 2.58. The first-order chi connectivity index (χ1) is 12.9. The van der Waals surface area contributed by atoms with E-state index in [2.05, 4.69) is 20.8 Å². The molecule has 2 N–H and O–H groups in total. The third kappa shape index (κ3) is 5.35. The van der Waals surface area contributed by atoms with Crippen LogP contribution >= 0.6 is 0 Å². The van der Waals surface area contributed by atoms with E-state index >= 15 is 0 Å². The van der Waals surface area contributed by atoms with Crippen molar-refractivity contribution < 1.29 is 24.5 Å². The molecule has 28 heavy (non-hydrogen) atoms. The van der Waals surface area contributed by atoms with Gasteiger partial charge in [-0.3, -0.25) is 4.79 Å². The SMILES string of the molecule is CC(C)(C)CC(C)(C)c1cc(OCC(=O)O)cc(C(=O)c2ccccc2)c1O. The van der Waals surface area contributed by atoms with Crippen LogP contribution in [0.3, 0.4) is 0 Å². The van der Waals surface area contributed by atoms with Gasteiger partial charge in [-0.05, 0) is 29.4 Å². The summed E-state index contributed by atoms with van der Waals surface area (Å²) in [6.45, 7) is 9.77. The number of carboxylic acids is 1. The smallest absolute Gasteiger partial charge is 0.341 e. The molecule has 2 aromatic carbocycles. The summed E-state index contributed by atoms with van der Waals surface area (Å²) in [5.74, 6) is -1.30. The lowest BCUT2D eigenvalue weighted by Gasteiger charge is -2.34. The molecule has 0 radical (unpaired) electrons. The van der Waals surface area contributed by atoms with E-state index in [0.29, 0.717) is 11.1 Å². The minimum absolute atomic E-state index is 0.0164. The van der Waals surface area contributed by atoms with E-state index in [0.717, 1.165) is 6.42 Å². The number of benzene rings is 2. The largest absolute Gasteiger partial charge is 0.507 e. The van der Waals surface area contributed by atoms with Gasteiger partial charge in [-0.25, -0.2) is 4.79 Å². The van der Waals surface area contributed by atoms with Crippen molar-refractivity contribution in [3.8, 4) is 11.5 Å². The Hall–Kier alpha value is -2.82. The zero-order chi connectivity index (χ0) is 21.1. The molecule has 0 saturated heterocycles. The van der Waals surface area contributed by atoms with E-state index in [9.17, 15) is 14.7 Å². The van der Waals surface area contributed by atoms with E-state index < -0.39 is 18.0 Å². The molecule has 0 aromatic heterocycles. The molecule has 0 saturated carbocycles. The van der Waals surface area contributed by atoms with Crippen LogP contribution in [0.1, 0.15) is 62.5 Å². The summed E-state index contributed by atoms with van der Waals surface area (Å²) in [6, 6.07) is 11.7. The van der Waals surface area contributed by atoms with E-state index in [1.165, 1.54) is 6.07 Å². The zero-order valence-electron chi connectivity index (χ0n) is 17.1. The fourth-order valence-electron chi connectivity index (χ4n) is 3.69. The van der Waals surface area contributed by atoms with Crippen LogP contribution in [0.5, 0.6) is 11.5 Å². The van der Waals surface area contributed by atoms with Gasteiger partial charge in [-0.15, -0.1) is 0 Å². The Morgan fingerprint density at radius 3 is 2.14 bits per heavy atom. The number of carbonyl (C=O) groups is 2. The Bertz CT molecular complexity index is 861. The number of carbonyl (C=O) groups excluding carboxylic acids is 1. The van der Waals surface area contributed by atoms with Crippen LogP contribution in [0.25, 0.3) is 0 Å². The van der Waals surface area contributed by atoms with Gasteiger partial charge >= 0.3 is 5.97 Å². The molecule has 2 rings (SSSR count). The number of aromatic hydroxyl groups is 1. The lowest BCUT2D eigenvalue weighted by molar-refractivity contribution is -0.139. The molecule has 0 amide bonds. The maximum atomic E-state index is 13.0. The van der Waals surface area contributed by atoms with E-state index in [1.807, 2.05) is 13.8 Å². The highest BCUT2D eigenvalue weighted by atomic mass is 16.5. The van der Waals surface area contributed by atoms with Crippen molar-refractivity contribution in [2.45, 2.75) is 46.5 Å². The van der Waals surface area contributed by atoms with Gasteiger partial charge in [0, 0.05) is 11.1 Å². The minimum Gasteiger partial charge on any atom is -0.507 e. The maximum Gasteiger partial charge on any atom is 0.341 e.